The number of benzene rings is 1. The fourth-order valence-electron chi connectivity index (χ4n) is 2.66. The molecule has 3 atom stereocenters. The number of rotatable bonds is 4. The van der Waals surface area contributed by atoms with Gasteiger partial charge in [-0.3, -0.25) is 4.79 Å². The number of hydrogen-bond donors (Lipinski definition) is 2. The van der Waals surface area contributed by atoms with Crippen LogP contribution in [-0.4, -0.2) is 11.9 Å². The van der Waals surface area contributed by atoms with Gasteiger partial charge in [0.05, 0.1) is 6.04 Å². The molecule has 1 amide bonds. The first-order chi connectivity index (χ1) is 9.10. The van der Waals surface area contributed by atoms with Gasteiger partial charge >= 0.3 is 0 Å². The molecule has 1 saturated carbocycles. The van der Waals surface area contributed by atoms with Crippen molar-refractivity contribution in [1.82, 2.24) is 5.32 Å². The Morgan fingerprint density at radius 2 is 2.11 bits per heavy atom. The normalized spacial score (nSPS) is 24.2. The molecule has 1 aromatic carbocycles. The summed E-state index contributed by atoms with van der Waals surface area (Å²) in [7, 11) is 0. The number of halogens is 1. The molecule has 3 nitrogen and oxygen atoms in total. The maximum absolute atomic E-state index is 12.2. The fourth-order valence-corrected chi connectivity index (χ4v) is 2.92. The predicted molar refractivity (Wildman–Crippen MR) is 80.6 cm³/mol. The van der Waals surface area contributed by atoms with Gasteiger partial charge in [-0.1, -0.05) is 35.0 Å². The van der Waals surface area contributed by atoms with Gasteiger partial charge in [0.1, 0.15) is 0 Å². The van der Waals surface area contributed by atoms with Crippen LogP contribution in [0.15, 0.2) is 28.7 Å². The van der Waals surface area contributed by atoms with E-state index in [9.17, 15) is 4.79 Å². The maximum Gasteiger partial charge on any atom is 0.223 e. The van der Waals surface area contributed by atoms with Gasteiger partial charge in [-0.15, -0.1) is 0 Å². The Morgan fingerprint density at radius 1 is 1.42 bits per heavy atom. The third-order valence-corrected chi connectivity index (χ3v) is 4.37. The lowest BCUT2D eigenvalue weighted by atomic mass is 10.0. The first kappa shape index (κ1) is 14.5. The molecule has 3 N–H and O–H groups in total. The van der Waals surface area contributed by atoms with Gasteiger partial charge in [-0.2, -0.15) is 0 Å². The van der Waals surface area contributed by atoms with E-state index < -0.39 is 0 Å². The third kappa shape index (κ3) is 3.80. The molecule has 0 heterocycles. The minimum atomic E-state index is 0.0948. The van der Waals surface area contributed by atoms with Crippen LogP contribution in [0.1, 0.15) is 44.2 Å². The zero-order valence-electron chi connectivity index (χ0n) is 11.2. The van der Waals surface area contributed by atoms with Crippen LogP contribution >= 0.6 is 15.9 Å². The summed E-state index contributed by atoms with van der Waals surface area (Å²) in [4.78, 5) is 12.2. The van der Waals surface area contributed by atoms with Crippen molar-refractivity contribution in [3.05, 3.63) is 34.3 Å². The standard InChI is InChI=1S/C15H21BrN2O/c1-2-14(10-3-6-12(16)7-4-10)18-15(19)11-5-8-13(17)9-11/h3-4,6-7,11,13-14H,2,5,8-9,17H2,1H3,(H,18,19). The van der Waals surface area contributed by atoms with E-state index in [1.807, 2.05) is 12.1 Å². The summed E-state index contributed by atoms with van der Waals surface area (Å²) >= 11 is 3.43. The number of nitrogens with one attached hydrogen (secondary N) is 1. The third-order valence-electron chi connectivity index (χ3n) is 3.84. The number of hydrogen-bond acceptors (Lipinski definition) is 2. The average Bonchev–Trinajstić information content (AvgIpc) is 2.84. The molecule has 104 valence electrons. The number of carbonyl (C=O) groups is 1. The molecule has 0 bridgehead atoms. The van der Waals surface area contributed by atoms with Gasteiger partial charge in [0.25, 0.3) is 0 Å². The second-order valence-corrected chi connectivity index (χ2v) is 6.21. The van der Waals surface area contributed by atoms with Gasteiger partial charge in [-0.25, -0.2) is 0 Å². The van der Waals surface area contributed by atoms with E-state index in [1.54, 1.807) is 0 Å². The molecule has 0 aromatic heterocycles. The Balaban J connectivity index is 1.99. The summed E-state index contributed by atoms with van der Waals surface area (Å²) in [5, 5.41) is 3.16. The molecule has 19 heavy (non-hydrogen) atoms. The van der Waals surface area contributed by atoms with E-state index in [0.717, 1.165) is 35.7 Å². The van der Waals surface area contributed by atoms with E-state index in [-0.39, 0.29) is 23.9 Å². The Labute approximate surface area is 123 Å². The molecular formula is C15H21BrN2O. The lowest BCUT2D eigenvalue weighted by Gasteiger charge is -2.20. The van der Waals surface area contributed by atoms with E-state index in [0.29, 0.717) is 0 Å². The molecule has 4 heteroatoms. The van der Waals surface area contributed by atoms with E-state index in [2.05, 4.69) is 40.3 Å². The second-order valence-electron chi connectivity index (χ2n) is 5.29. The predicted octanol–water partition coefficient (Wildman–Crippen LogP) is 3.14. The van der Waals surface area contributed by atoms with E-state index in [1.165, 1.54) is 0 Å². The maximum atomic E-state index is 12.2. The lowest BCUT2D eigenvalue weighted by Crippen LogP contribution is -2.33. The average molecular weight is 325 g/mol. The highest BCUT2D eigenvalue weighted by Gasteiger charge is 2.28. The fraction of sp³-hybridized carbons (Fsp3) is 0.533. The van der Waals surface area contributed by atoms with Crippen molar-refractivity contribution in [2.45, 2.75) is 44.7 Å². The minimum absolute atomic E-state index is 0.0948. The second kappa shape index (κ2) is 6.53. The van der Waals surface area contributed by atoms with Crippen LogP contribution in [0, 0.1) is 5.92 Å². The quantitative estimate of drug-likeness (QED) is 0.893. The molecular weight excluding hydrogens is 304 g/mol. The molecule has 1 aliphatic rings. The molecule has 0 aliphatic heterocycles. The summed E-state index contributed by atoms with van der Waals surface area (Å²) in [6, 6.07) is 8.42. The zero-order valence-corrected chi connectivity index (χ0v) is 12.8. The monoisotopic (exact) mass is 324 g/mol. The Morgan fingerprint density at radius 3 is 2.63 bits per heavy atom. The van der Waals surface area contributed by atoms with Crippen LogP contribution in [0.5, 0.6) is 0 Å². The van der Waals surface area contributed by atoms with Gasteiger partial charge in [-0.05, 0) is 43.4 Å². The van der Waals surface area contributed by atoms with Crippen LogP contribution in [0.2, 0.25) is 0 Å². The molecule has 0 saturated heterocycles. The van der Waals surface area contributed by atoms with Crippen molar-refractivity contribution in [2.75, 3.05) is 0 Å². The molecule has 1 aliphatic carbocycles. The first-order valence-corrected chi connectivity index (χ1v) is 7.71. The minimum Gasteiger partial charge on any atom is -0.349 e. The Hall–Kier alpha value is -0.870. The topological polar surface area (TPSA) is 55.1 Å². The number of amides is 1. The molecule has 1 fully saturated rings. The highest BCUT2D eigenvalue weighted by atomic mass is 79.9. The summed E-state index contributed by atoms with van der Waals surface area (Å²) in [5.74, 6) is 0.252. The summed E-state index contributed by atoms with van der Waals surface area (Å²) in [6.45, 7) is 2.09. The largest absolute Gasteiger partial charge is 0.349 e. The number of nitrogens with two attached hydrogens (primary N) is 1. The SMILES string of the molecule is CCC(NC(=O)C1CCC(N)C1)c1ccc(Br)cc1. The van der Waals surface area contributed by atoms with Gasteiger partial charge in [0.15, 0.2) is 0 Å². The van der Waals surface area contributed by atoms with Gasteiger partial charge < -0.3 is 11.1 Å². The van der Waals surface area contributed by atoms with Crippen molar-refractivity contribution in [3.8, 4) is 0 Å². The Kier molecular flexibility index (Phi) is 4.99. The van der Waals surface area contributed by atoms with Crippen molar-refractivity contribution in [1.29, 1.82) is 0 Å². The van der Waals surface area contributed by atoms with E-state index in [4.69, 9.17) is 5.73 Å². The lowest BCUT2D eigenvalue weighted by molar-refractivity contribution is -0.125. The summed E-state index contributed by atoms with van der Waals surface area (Å²) in [6.07, 6.45) is 3.60. The van der Waals surface area contributed by atoms with Gasteiger partial charge in [0, 0.05) is 16.4 Å². The zero-order chi connectivity index (χ0) is 13.8. The highest BCUT2D eigenvalue weighted by molar-refractivity contribution is 9.10. The van der Waals surface area contributed by atoms with Crippen LogP contribution < -0.4 is 11.1 Å². The summed E-state index contributed by atoms with van der Waals surface area (Å²) < 4.78 is 1.05. The molecule has 0 radical (unpaired) electrons. The van der Waals surface area contributed by atoms with Crippen molar-refractivity contribution in [3.63, 3.8) is 0 Å². The molecule has 0 spiro atoms. The van der Waals surface area contributed by atoms with Crippen molar-refractivity contribution < 1.29 is 4.79 Å². The van der Waals surface area contributed by atoms with E-state index >= 15 is 0 Å². The Bertz CT molecular complexity index is 432. The smallest absolute Gasteiger partial charge is 0.223 e. The molecule has 2 rings (SSSR count). The van der Waals surface area contributed by atoms with Crippen LogP contribution in [0.25, 0.3) is 0 Å². The van der Waals surface area contributed by atoms with Crippen molar-refractivity contribution >= 4 is 21.8 Å². The van der Waals surface area contributed by atoms with Gasteiger partial charge in [0.2, 0.25) is 5.91 Å². The molecule has 1 aromatic rings. The van der Waals surface area contributed by atoms with Crippen molar-refractivity contribution in [2.24, 2.45) is 11.7 Å². The van der Waals surface area contributed by atoms with Crippen LogP contribution in [0.4, 0.5) is 0 Å². The van der Waals surface area contributed by atoms with Crippen LogP contribution in [0.3, 0.4) is 0 Å². The molecule has 3 unspecified atom stereocenters. The summed E-state index contributed by atoms with van der Waals surface area (Å²) in [5.41, 5.74) is 7.02. The highest BCUT2D eigenvalue weighted by Crippen LogP contribution is 2.26. The number of carbonyl (C=O) groups excluding carboxylic acids is 1. The first-order valence-electron chi connectivity index (χ1n) is 6.91. The van der Waals surface area contributed by atoms with Crippen LogP contribution in [-0.2, 0) is 4.79 Å².